The molecule has 0 fully saturated rings. The summed E-state index contributed by atoms with van der Waals surface area (Å²) in [5, 5.41) is 13.4. The Morgan fingerprint density at radius 3 is 2.83 bits per heavy atom. The summed E-state index contributed by atoms with van der Waals surface area (Å²) in [7, 11) is -3.43. The van der Waals surface area contributed by atoms with Gasteiger partial charge in [-0.3, -0.25) is 10.1 Å². The van der Waals surface area contributed by atoms with Crippen molar-refractivity contribution in [1.29, 1.82) is 0 Å². The molecular weight excluding hydrogens is 360 g/mol. The summed E-state index contributed by atoms with van der Waals surface area (Å²) in [6.07, 6.45) is 1.33. The second-order valence-electron chi connectivity index (χ2n) is 4.78. The first-order valence-corrected chi connectivity index (χ1v) is 9.72. The standard InChI is InChI=1S/C14H15ClN2O4S2/c1-2-3-6-23(20,21)12-8-22-14(16-12)17-13(19)10-5-4-9(18)7-11(10)15/h4-5,7-8,18H,2-3,6H2,1H3,(H,16,17,19). The number of hydrogen-bond acceptors (Lipinski definition) is 6. The molecule has 124 valence electrons. The SMILES string of the molecule is CCCCS(=O)(=O)c1csc(NC(=O)c2ccc(O)cc2Cl)n1. The Balaban J connectivity index is 2.14. The monoisotopic (exact) mass is 374 g/mol. The molecule has 1 heterocycles. The molecule has 0 unspecified atom stereocenters. The lowest BCUT2D eigenvalue weighted by molar-refractivity contribution is 0.102. The number of rotatable bonds is 6. The van der Waals surface area contributed by atoms with Gasteiger partial charge >= 0.3 is 0 Å². The number of carbonyl (C=O) groups excluding carboxylic acids is 1. The molecule has 0 bridgehead atoms. The fourth-order valence-electron chi connectivity index (χ4n) is 1.75. The van der Waals surface area contributed by atoms with E-state index in [1.807, 2.05) is 6.92 Å². The van der Waals surface area contributed by atoms with E-state index in [4.69, 9.17) is 11.6 Å². The van der Waals surface area contributed by atoms with Crippen LogP contribution in [0.2, 0.25) is 5.02 Å². The van der Waals surface area contributed by atoms with Crippen molar-refractivity contribution in [3.05, 3.63) is 34.2 Å². The molecule has 1 amide bonds. The highest BCUT2D eigenvalue weighted by atomic mass is 35.5. The van der Waals surface area contributed by atoms with Crippen LogP contribution in [0.15, 0.2) is 28.6 Å². The summed E-state index contributed by atoms with van der Waals surface area (Å²) in [5.41, 5.74) is 0.162. The normalized spacial score (nSPS) is 11.4. The van der Waals surface area contributed by atoms with Crippen molar-refractivity contribution in [3.8, 4) is 5.75 Å². The summed E-state index contributed by atoms with van der Waals surface area (Å²) in [5.74, 6) is -0.545. The van der Waals surface area contributed by atoms with Gasteiger partial charge in [-0.25, -0.2) is 13.4 Å². The number of sulfone groups is 1. The molecule has 0 aliphatic carbocycles. The molecule has 0 aliphatic heterocycles. The second-order valence-corrected chi connectivity index (χ2v) is 8.10. The average molecular weight is 375 g/mol. The predicted molar refractivity (Wildman–Crippen MR) is 90.1 cm³/mol. The van der Waals surface area contributed by atoms with E-state index in [0.29, 0.717) is 6.42 Å². The third-order valence-corrected chi connectivity index (χ3v) is 5.88. The van der Waals surface area contributed by atoms with Crippen LogP contribution < -0.4 is 5.32 Å². The molecular formula is C14H15ClN2O4S2. The number of hydrogen-bond donors (Lipinski definition) is 2. The Labute approximate surface area is 143 Å². The first-order valence-electron chi connectivity index (χ1n) is 6.81. The van der Waals surface area contributed by atoms with E-state index in [1.54, 1.807) is 0 Å². The maximum absolute atomic E-state index is 12.1. The number of phenols is 1. The first-order chi connectivity index (χ1) is 10.8. The lowest BCUT2D eigenvalue weighted by Crippen LogP contribution is -2.13. The van der Waals surface area contributed by atoms with E-state index in [0.717, 1.165) is 17.8 Å². The lowest BCUT2D eigenvalue weighted by atomic mass is 10.2. The first kappa shape index (κ1) is 17.7. The van der Waals surface area contributed by atoms with Gasteiger partial charge in [-0.1, -0.05) is 24.9 Å². The molecule has 0 radical (unpaired) electrons. The van der Waals surface area contributed by atoms with Crippen molar-refractivity contribution in [2.75, 3.05) is 11.1 Å². The molecule has 1 aromatic heterocycles. The second kappa shape index (κ2) is 7.29. The Morgan fingerprint density at radius 2 is 2.17 bits per heavy atom. The largest absolute Gasteiger partial charge is 0.508 e. The molecule has 0 aliphatic rings. The molecule has 0 spiro atoms. The molecule has 0 atom stereocenters. The number of nitrogens with one attached hydrogen (secondary N) is 1. The van der Waals surface area contributed by atoms with E-state index in [9.17, 15) is 18.3 Å². The van der Waals surface area contributed by atoms with Crippen molar-refractivity contribution in [2.24, 2.45) is 0 Å². The maximum atomic E-state index is 12.1. The van der Waals surface area contributed by atoms with Gasteiger partial charge in [-0.05, 0) is 24.6 Å². The summed E-state index contributed by atoms with van der Waals surface area (Å²) in [6.45, 7) is 1.91. The smallest absolute Gasteiger partial charge is 0.258 e. The minimum atomic E-state index is -3.43. The number of unbranched alkanes of at least 4 members (excludes halogenated alkanes) is 1. The number of carbonyl (C=O) groups is 1. The maximum Gasteiger partial charge on any atom is 0.258 e. The number of halogens is 1. The zero-order valence-corrected chi connectivity index (χ0v) is 14.6. The van der Waals surface area contributed by atoms with Crippen LogP contribution in [0.3, 0.4) is 0 Å². The molecule has 0 saturated carbocycles. The van der Waals surface area contributed by atoms with Crippen LogP contribution in [0, 0.1) is 0 Å². The molecule has 23 heavy (non-hydrogen) atoms. The van der Waals surface area contributed by atoms with Crippen LogP contribution in [0.25, 0.3) is 0 Å². The van der Waals surface area contributed by atoms with Gasteiger partial charge in [-0.15, -0.1) is 11.3 Å². The van der Waals surface area contributed by atoms with Gasteiger partial charge in [-0.2, -0.15) is 0 Å². The van der Waals surface area contributed by atoms with Gasteiger partial charge in [0.15, 0.2) is 20.0 Å². The molecule has 2 N–H and O–H groups in total. The van der Waals surface area contributed by atoms with Gasteiger partial charge in [0.1, 0.15) is 5.75 Å². The fourth-order valence-corrected chi connectivity index (χ4v) is 4.48. The average Bonchev–Trinajstić information content (AvgIpc) is 2.94. The minimum absolute atomic E-state index is 0.0322. The van der Waals surface area contributed by atoms with Gasteiger partial charge in [0.25, 0.3) is 5.91 Å². The Morgan fingerprint density at radius 1 is 1.43 bits per heavy atom. The number of nitrogens with zero attached hydrogens (tertiary/aromatic N) is 1. The molecule has 6 nitrogen and oxygen atoms in total. The van der Waals surface area contributed by atoms with E-state index in [-0.39, 0.29) is 32.2 Å². The molecule has 1 aromatic carbocycles. The molecule has 0 saturated heterocycles. The van der Waals surface area contributed by atoms with Crippen LogP contribution in [0.5, 0.6) is 5.75 Å². The highest BCUT2D eigenvalue weighted by Crippen LogP contribution is 2.25. The quantitative estimate of drug-likeness (QED) is 0.808. The van der Waals surface area contributed by atoms with Crippen LogP contribution in [-0.2, 0) is 9.84 Å². The Hall–Kier alpha value is -1.64. The number of benzene rings is 1. The third kappa shape index (κ3) is 4.43. The van der Waals surface area contributed by atoms with E-state index in [2.05, 4.69) is 10.3 Å². The predicted octanol–water partition coefficient (Wildman–Crippen LogP) is 3.33. The Kier molecular flexibility index (Phi) is 5.61. The van der Waals surface area contributed by atoms with Crippen LogP contribution >= 0.6 is 22.9 Å². The lowest BCUT2D eigenvalue weighted by Gasteiger charge is -2.04. The van der Waals surface area contributed by atoms with Crippen molar-refractivity contribution in [1.82, 2.24) is 4.98 Å². The van der Waals surface area contributed by atoms with Crippen molar-refractivity contribution in [2.45, 2.75) is 24.8 Å². The fraction of sp³-hybridized carbons (Fsp3) is 0.286. The summed E-state index contributed by atoms with van der Waals surface area (Å²) >= 11 is 6.92. The minimum Gasteiger partial charge on any atom is -0.508 e. The van der Waals surface area contributed by atoms with Crippen LogP contribution in [0.1, 0.15) is 30.1 Å². The van der Waals surface area contributed by atoms with Gasteiger partial charge in [0.2, 0.25) is 0 Å². The zero-order valence-electron chi connectivity index (χ0n) is 12.2. The van der Waals surface area contributed by atoms with Crippen molar-refractivity contribution >= 4 is 43.8 Å². The number of thiazole rings is 1. The molecule has 9 heteroatoms. The highest BCUT2D eigenvalue weighted by molar-refractivity contribution is 7.91. The topological polar surface area (TPSA) is 96.4 Å². The molecule has 2 aromatic rings. The number of amides is 1. The highest BCUT2D eigenvalue weighted by Gasteiger charge is 2.19. The number of aromatic hydroxyl groups is 1. The van der Waals surface area contributed by atoms with Crippen LogP contribution in [-0.4, -0.2) is 30.2 Å². The van der Waals surface area contributed by atoms with Crippen molar-refractivity contribution < 1.29 is 18.3 Å². The van der Waals surface area contributed by atoms with E-state index < -0.39 is 15.7 Å². The summed E-state index contributed by atoms with van der Waals surface area (Å²) < 4.78 is 24.1. The van der Waals surface area contributed by atoms with E-state index in [1.165, 1.54) is 23.6 Å². The number of aromatic nitrogens is 1. The summed E-state index contributed by atoms with van der Waals surface area (Å²) in [4.78, 5) is 16.1. The third-order valence-electron chi connectivity index (χ3n) is 2.99. The Bertz CT molecular complexity index is 818. The van der Waals surface area contributed by atoms with Gasteiger partial charge in [0, 0.05) is 5.38 Å². The van der Waals surface area contributed by atoms with Crippen LogP contribution in [0.4, 0.5) is 5.13 Å². The number of anilines is 1. The van der Waals surface area contributed by atoms with E-state index >= 15 is 0 Å². The van der Waals surface area contributed by atoms with Gasteiger partial charge in [0.05, 0.1) is 16.3 Å². The van der Waals surface area contributed by atoms with Crippen molar-refractivity contribution in [3.63, 3.8) is 0 Å². The number of phenolic OH excluding ortho intramolecular Hbond substituents is 1. The zero-order chi connectivity index (χ0) is 17.0. The molecule has 2 rings (SSSR count). The van der Waals surface area contributed by atoms with Gasteiger partial charge < -0.3 is 5.11 Å². The summed E-state index contributed by atoms with van der Waals surface area (Å²) in [6, 6.07) is 3.96.